The molecule has 1 saturated heterocycles. The largest absolute Gasteiger partial charge is 0.336 e. The van der Waals surface area contributed by atoms with Crippen molar-refractivity contribution in [3.8, 4) is 0 Å². The van der Waals surface area contributed by atoms with E-state index in [0.29, 0.717) is 12.1 Å². The molecule has 4 rings (SSSR count). The lowest BCUT2D eigenvalue weighted by Crippen LogP contribution is -2.50. The van der Waals surface area contributed by atoms with Gasteiger partial charge in [-0.25, -0.2) is 0 Å². The zero-order valence-corrected chi connectivity index (χ0v) is 18.0. The van der Waals surface area contributed by atoms with Gasteiger partial charge in [0.15, 0.2) is 0 Å². The van der Waals surface area contributed by atoms with Crippen molar-refractivity contribution in [2.24, 2.45) is 0 Å². The molecule has 2 heterocycles. The van der Waals surface area contributed by atoms with E-state index in [0.717, 1.165) is 50.5 Å². The van der Waals surface area contributed by atoms with Crippen molar-refractivity contribution >= 4 is 18.0 Å². The average Bonchev–Trinajstić information content (AvgIpc) is 2.74. The second kappa shape index (κ2) is 8.86. The summed E-state index contributed by atoms with van der Waals surface area (Å²) in [5.41, 5.74) is 5.33. The summed E-state index contributed by atoms with van der Waals surface area (Å²) in [7, 11) is 0. The minimum absolute atomic E-state index is 0.138. The van der Waals surface area contributed by atoms with E-state index in [1.54, 1.807) is 0 Å². The monoisotopic (exact) mass is 411 g/mol. The van der Waals surface area contributed by atoms with Gasteiger partial charge in [-0.05, 0) is 67.6 Å². The number of hydrogen-bond acceptors (Lipinski definition) is 3. The molecule has 0 saturated carbocycles. The molecule has 1 N–H and O–H groups in total. The summed E-state index contributed by atoms with van der Waals surface area (Å²) in [5, 5.41) is 4.45. The maximum absolute atomic E-state index is 11.7. The van der Waals surface area contributed by atoms with Crippen molar-refractivity contribution < 1.29 is 4.79 Å². The van der Waals surface area contributed by atoms with Crippen LogP contribution in [0.15, 0.2) is 42.5 Å². The van der Waals surface area contributed by atoms with E-state index in [1.807, 2.05) is 17.0 Å². The highest BCUT2D eigenvalue weighted by atomic mass is 35.5. The Balaban J connectivity index is 1.57. The van der Waals surface area contributed by atoms with Crippen LogP contribution in [0.2, 0.25) is 5.02 Å². The summed E-state index contributed by atoms with van der Waals surface area (Å²) >= 11 is 6.03. The molecule has 2 aromatic carbocycles. The maximum atomic E-state index is 11.7. The summed E-state index contributed by atoms with van der Waals surface area (Å²) < 4.78 is 0. The van der Waals surface area contributed by atoms with Gasteiger partial charge in [0.25, 0.3) is 0 Å². The molecular weight excluding hydrogens is 382 g/mol. The lowest BCUT2D eigenvalue weighted by Gasteiger charge is -2.42. The lowest BCUT2D eigenvalue weighted by atomic mass is 9.87. The van der Waals surface area contributed by atoms with Crippen LogP contribution in [0.4, 0.5) is 0 Å². The molecular formula is C24H30ClN3O. The Morgan fingerprint density at radius 2 is 1.97 bits per heavy atom. The Bertz CT molecular complexity index is 852. The summed E-state index contributed by atoms with van der Waals surface area (Å²) in [6.45, 7) is 8.09. The van der Waals surface area contributed by atoms with Crippen molar-refractivity contribution in [1.29, 1.82) is 0 Å². The van der Waals surface area contributed by atoms with Gasteiger partial charge in [-0.3, -0.25) is 9.69 Å². The minimum Gasteiger partial charge on any atom is -0.336 e. The number of nitrogens with zero attached hydrogens (tertiary/aromatic N) is 2. The number of hydrogen-bond donors (Lipinski definition) is 1. The Morgan fingerprint density at radius 3 is 2.69 bits per heavy atom. The standard InChI is InChI=1S/C24H30ClN3O/c1-17(2)27-11-12-28(16-29)24(15-27)20-5-8-22-19(14-20)9-10-26-23(22)13-18-3-6-21(25)7-4-18/h3-8,14,16-17,23-24,26H,9-13,15H2,1-2H3. The summed E-state index contributed by atoms with van der Waals surface area (Å²) in [6.07, 6.45) is 3.00. The van der Waals surface area contributed by atoms with Crippen LogP contribution in [0.1, 0.15) is 48.2 Å². The van der Waals surface area contributed by atoms with Crippen molar-refractivity contribution in [3.05, 3.63) is 69.7 Å². The number of amides is 1. The van der Waals surface area contributed by atoms with Crippen LogP contribution in [0.5, 0.6) is 0 Å². The number of benzene rings is 2. The first-order valence-corrected chi connectivity index (χ1v) is 11.0. The summed E-state index contributed by atoms with van der Waals surface area (Å²) in [4.78, 5) is 16.1. The third-order valence-corrected chi connectivity index (χ3v) is 6.64. The number of rotatable bonds is 5. The molecule has 154 valence electrons. The molecule has 4 nitrogen and oxygen atoms in total. The molecule has 2 atom stereocenters. The van der Waals surface area contributed by atoms with Gasteiger partial charge in [-0.2, -0.15) is 0 Å². The van der Waals surface area contributed by atoms with E-state index in [2.05, 4.69) is 54.4 Å². The number of carbonyl (C=O) groups excluding carboxylic acids is 1. The topological polar surface area (TPSA) is 35.6 Å². The Hall–Kier alpha value is -1.88. The number of nitrogens with one attached hydrogen (secondary N) is 1. The Kier molecular flexibility index (Phi) is 6.23. The third-order valence-electron chi connectivity index (χ3n) is 6.38. The molecule has 0 aromatic heterocycles. The second-order valence-corrected chi connectivity index (χ2v) is 8.93. The Labute approximate surface area is 178 Å². The molecule has 2 unspecified atom stereocenters. The van der Waals surface area contributed by atoms with E-state index in [4.69, 9.17) is 11.6 Å². The smallest absolute Gasteiger partial charge is 0.210 e. The average molecular weight is 412 g/mol. The van der Waals surface area contributed by atoms with Gasteiger partial charge >= 0.3 is 0 Å². The lowest BCUT2D eigenvalue weighted by molar-refractivity contribution is -0.123. The van der Waals surface area contributed by atoms with E-state index < -0.39 is 0 Å². The van der Waals surface area contributed by atoms with E-state index in [1.165, 1.54) is 22.3 Å². The highest BCUT2D eigenvalue weighted by molar-refractivity contribution is 6.30. The number of piperazine rings is 1. The van der Waals surface area contributed by atoms with Crippen LogP contribution in [0, 0.1) is 0 Å². The molecule has 2 aliphatic heterocycles. The second-order valence-electron chi connectivity index (χ2n) is 8.49. The van der Waals surface area contributed by atoms with Crippen LogP contribution in [-0.2, 0) is 17.6 Å². The predicted molar refractivity (Wildman–Crippen MR) is 118 cm³/mol. The number of carbonyl (C=O) groups is 1. The first kappa shape index (κ1) is 20.4. The summed E-state index contributed by atoms with van der Waals surface area (Å²) in [6, 6.07) is 15.9. The van der Waals surface area contributed by atoms with Crippen LogP contribution in [-0.4, -0.2) is 48.4 Å². The fourth-order valence-corrected chi connectivity index (χ4v) is 4.75. The van der Waals surface area contributed by atoms with Gasteiger partial charge in [0.2, 0.25) is 6.41 Å². The maximum Gasteiger partial charge on any atom is 0.210 e. The van der Waals surface area contributed by atoms with Gasteiger partial charge in [0.1, 0.15) is 0 Å². The number of fused-ring (bicyclic) bond motifs is 1. The zero-order chi connectivity index (χ0) is 20.4. The zero-order valence-electron chi connectivity index (χ0n) is 17.3. The highest BCUT2D eigenvalue weighted by Crippen LogP contribution is 2.32. The first-order valence-electron chi connectivity index (χ1n) is 10.6. The fourth-order valence-electron chi connectivity index (χ4n) is 4.63. The van der Waals surface area contributed by atoms with Gasteiger partial charge in [0, 0.05) is 36.7 Å². The van der Waals surface area contributed by atoms with E-state index in [-0.39, 0.29) is 6.04 Å². The van der Waals surface area contributed by atoms with Crippen molar-refractivity contribution in [2.75, 3.05) is 26.2 Å². The quantitative estimate of drug-likeness (QED) is 0.755. The van der Waals surface area contributed by atoms with E-state index in [9.17, 15) is 4.79 Å². The van der Waals surface area contributed by atoms with Crippen LogP contribution in [0.3, 0.4) is 0 Å². The van der Waals surface area contributed by atoms with Gasteiger partial charge < -0.3 is 10.2 Å². The molecule has 5 heteroatoms. The van der Waals surface area contributed by atoms with Crippen LogP contribution >= 0.6 is 11.6 Å². The molecule has 0 spiro atoms. The van der Waals surface area contributed by atoms with Crippen LogP contribution in [0.25, 0.3) is 0 Å². The molecule has 1 fully saturated rings. The molecule has 0 bridgehead atoms. The third kappa shape index (κ3) is 4.50. The predicted octanol–water partition coefficient (Wildman–Crippen LogP) is 3.99. The molecule has 0 aliphatic carbocycles. The molecule has 2 aliphatic rings. The van der Waals surface area contributed by atoms with Gasteiger partial charge in [0.05, 0.1) is 6.04 Å². The molecule has 2 aromatic rings. The summed E-state index contributed by atoms with van der Waals surface area (Å²) in [5.74, 6) is 0. The van der Waals surface area contributed by atoms with Gasteiger partial charge in [-0.15, -0.1) is 0 Å². The van der Waals surface area contributed by atoms with Crippen molar-refractivity contribution in [3.63, 3.8) is 0 Å². The molecule has 0 radical (unpaired) electrons. The minimum atomic E-state index is 0.138. The first-order chi connectivity index (χ1) is 14.0. The van der Waals surface area contributed by atoms with Crippen molar-refractivity contribution in [2.45, 2.75) is 44.8 Å². The van der Waals surface area contributed by atoms with Gasteiger partial charge in [-0.1, -0.05) is 41.9 Å². The van der Waals surface area contributed by atoms with E-state index >= 15 is 0 Å². The highest BCUT2D eigenvalue weighted by Gasteiger charge is 2.29. The molecule has 1 amide bonds. The molecule has 29 heavy (non-hydrogen) atoms. The number of halogens is 1. The Morgan fingerprint density at radius 1 is 1.17 bits per heavy atom. The SMILES string of the molecule is CC(C)N1CCN(C=O)C(c2ccc3c(c2)CCNC3Cc2ccc(Cl)cc2)C1. The fraction of sp³-hybridized carbons (Fsp3) is 0.458. The van der Waals surface area contributed by atoms with Crippen LogP contribution < -0.4 is 5.32 Å². The van der Waals surface area contributed by atoms with Crippen molar-refractivity contribution in [1.82, 2.24) is 15.1 Å². The normalized spacial score (nSPS) is 22.6.